The minimum atomic E-state index is -3.59. The van der Waals surface area contributed by atoms with Gasteiger partial charge in [0, 0.05) is 23.3 Å². The Bertz CT molecular complexity index is 1240. The van der Waals surface area contributed by atoms with Crippen molar-refractivity contribution in [2.45, 2.75) is 54.9 Å². The second-order valence-electron chi connectivity index (χ2n) is 8.95. The van der Waals surface area contributed by atoms with Crippen LogP contribution in [0.5, 0.6) is 5.88 Å². The lowest BCUT2D eigenvalue weighted by Crippen LogP contribution is -2.46. The van der Waals surface area contributed by atoms with E-state index in [9.17, 15) is 8.42 Å². The summed E-state index contributed by atoms with van der Waals surface area (Å²) < 4.78 is 32.1. The van der Waals surface area contributed by atoms with Gasteiger partial charge in [-0.2, -0.15) is 0 Å². The van der Waals surface area contributed by atoms with Crippen LogP contribution in [0.15, 0.2) is 59.9 Å². The van der Waals surface area contributed by atoms with Gasteiger partial charge in [-0.25, -0.2) is 23.4 Å². The number of benzene rings is 1. The summed E-state index contributed by atoms with van der Waals surface area (Å²) in [6.07, 6.45) is 5.63. The first-order valence-electron chi connectivity index (χ1n) is 11.3. The highest BCUT2D eigenvalue weighted by atomic mass is 35.5. The molecular formula is C25H29ClN4O3S. The molecule has 0 N–H and O–H groups in total. The molecule has 3 atom stereocenters. The zero-order valence-corrected chi connectivity index (χ0v) is 21.1. The second kappa shape index (κ2) is 10.4. The van der Waals surface area contributed by atoms with Crippen LogP contribution in [0.25, 0.3) is 0 Å². The van der Waals surface area contributed by atoms with Crippen molar-refractivity contribution in [1.82, 2.24) is 19.9 Å². The first-order chi connectivity index (χ1) is 16.2. The van der Waals surface area contributed by atoms with Crippen molar-refractivity contribution in [2.24, 2.45) is 0 Å². The number of ether oxygens (including phenoxy) is 1. The fraction of sp³-hybridized carbons (Fsp3) is 0.400. The van der Waals surface area contributed by atoms with Gasteiger partial charge in [0.25, 0.3) is 0 Å². The first-order valence-corrected chi connectivity index (χ1v) is 13.3. The third-order valence-electron chi connectivity index (χ3n) is 6.34. The lowest BCUT2D eigenvalue weighted by atomic mass is 9.79. The average Bonchev–Trinajstić information content (AvgIpc) is 2.79. The molecule has 9 heteroatoms. The number of aryl methyl sites for hydroxylation is 1. The van der Waals surface area contributed by atoms with Gasteiger partial charge in [0.15, 0.2) is 9.84 Å². The van der Waals surface area contributed by atoms with Crippen LogP contribution in [0.2, 0.25) is 5.02 Å². The fourth-order valence-electron chi connectivity index (χ4n) is 4.61. The molecule has 2 aromatic heterocycles. The predicted molar refractivity (Wildman–Crippen MR) is 132 cm³/mol. The van der Waals surface area contributed by atoms with Crippen LogP contribution >= 0.6 is 11.6 Å². The normalized spacial score (nSPS) is 20.9. The summed E-state index contributed by atoms with van der Waals surface area (Å²) in [5, 5.41) is 0.756. The molecule has 180 valence electrons. The molecule has 2 heterocycles. The van der Waals surface area contributed by atoms with Gasteiger partial charge >= 0.3 is 0 Å². The van der Waals surface area contributed by atoms with E-state index >= 15 is 0 Å². The van der Waals surface area contributed by atoms with Gasteiger partial charge in [0.2, 0.25) is 5.88 Å². The number of likely N-dealkylation sites (N-methyl/N-ethyl adjacent to an activating group) is 1. The molecule has 0 bridgehead atoms. The maximum Gasteiger partial charge on any atom is 0.213 e. The molecule has 1 aromatic carbocycles. The SMILES string of the molecule is Cc1nc(O[C@H]2CC[C@H](c3cccc(Cl)c3)C[C@@H]2N(C)C)ccc1S(=O)(=O)Cc1ccncn1. The Labute approximate surface area is 206 Å². The minimum Gasteiger partial charge on any atom is -0.473 e. The summed E-state index contributed by atoms with van der Waals surface area (Å²) in [5.41, 5.74) is 2.12. The summed E-state index contributed by atoms with van der Waals surface area (Å²) in [6, 6.07) is 13.1. The molecule has 1 fully saturated rings. The molecule has 3 aromatic rings. The van der Waals surface area contributed by atoms with E-state index in [1.807, 2.05) is 18.2 Å². The van der Waals surface area contributed by atoms with Crippen molar-refractivity contribution in [1.29, 1.82) is 0 Å². The van der Waals surface area contributed by atoms with Crippen LogP contribution in [0.1, 0.15) is 42.1 Å². The number of nitrogens with zero attached hydrogens (tertiary/aromatic N) is 4. The maximum absolute atomic E-state index is 12.9. The van der Waals surface area contributed by atoms with E-state index in [-0.39, 0.29) is 22.8 Å². The lowest BCUT2D eigenvalue weighted by molar-refractivity contribution is 0.0512. The van der Waals surface area contributed by atoms with Crippen LogP contribution in [0.4, 0.5) is 0 Å². The highest BCUT2D eigenvalue weighted by Gasteiger charge is 2.34. The first kappa shape index (κ1) is 24.6. The number of pyridine rings is 1. The van der Waals surface area contributed by atoms with Crippen LogP contribution < -0.4 is 4.74 Å². The molecule has 0 radical (unpaired) electrons. The topological polar surface area (TPSA) is 85.3 Å². The molecule has 0 amide bonds. The van der Waals surface area contributed by atoms with E-state index in [4.69, 9.17) is 16.3 Å². The van der Waals surface area contributed by atoms with E-state index in [0.717, 1.165) is 24.3 Å². The quantitative estimate of drug-likeness (QED) is 0.473. The molecule has 1 saturated carbocycles. The third-order valence-corrected chi connectivity index (χ3v) is 8.35. The number of hydrogen-bond acceptors (Lipinski definition) is 7. The molecule has 4 rings (SSSR count). The van der Waals surface area contributed by atoms with Gasteiger partial charge in [-0.05, 0) is 76.0 Å². The predicted octanol–water partition coefficient (Wildman–Crippen LogP) is 4.45. The van der Waals surface area contributed by atoms with Gasteiger partial charge in [-0.3, -0.25) is 0 Å². The minimum absolute atomic E-state index is 0.0409. The molecule has 0 spiro atoms. The van der Waals surface area contributed by atoms with Crippen molar-refractivity contribution in [3.8, 4) is 5.88 Å². The summed E-state index contributed by atoms with van der Waals surface area (Å²) >= 11 is 6.21. The zero-order chi connectivity index (χ0) is 24.3. The Balaban J connectivity index is 1.48. The maximum atomic E-state index is 12.9. The molecular weight excluding hydrogens is 472 g/mol. The van der Waals surface area contributed by atoms with Gasteiger partial charge in [0.1, 0.15) is 12.4 Å². The number of halogens is 1. The van der Waals surface area contributed by atoms with Crippen LogP contribution in [-0.4, -0.2) is 54.5 Å². The summed E-state index contributed by atoms with van der Waals surface area (Å²) in [4.78, 5) is 14.7. The van der Waals surface area contributed by atoms with E-state index in [2.05, 4.69) is 40.0 Å². The van der Waals surface area contributed by atoms with Crippen molar-refractivity contribution >= 4 is 21.4 Å². The highest BCUT2D eigenvalue weighted by Crippen LogP contribution is 2.37. The van der Waals surface area contributed by atoms with E-state index in [1.165, 1.54) is 18.1 Å². The Kier molecular flexibility index (Phi) is 7.50. The van der Waals surface area contributed by atoms with Crippen molar-refractivity contribution in [2.75, 3.05) is 14.1 Å². The van der Waals surface area contributed by atoms with E-state index < -0.39 is 9.84 Å². The lowest BCUT2D eigenvalue weighted by Gasteiger charge is -2.39. The Morgan fingerprint density at radius 3 is 2.65 bits per heavy atom. The van der Waals surface area contributed by atoms with Crippen molar-refractivity contribution < 1.29 is 13.2 Å². The molecule has 1 aliphatic carbocycles. The van der Waals surface area contributed by atoms with Gasteiger partial charge in [0.05, 0.1) is 22.0 Å². The summed E-state index contributed by atoms with van der Waals surface area (Å²) in [6.45, 7) is 1.69. The zero-order valence-electron chi connectivity index (χ0n) is 19.6. The number of aromatic nitrogens is 3. The molecule has 0 unspecified atom stereocenters. The van der Waals surface area contributed by atoms with Crippen LogP contribution in [0.3, 0.4) is 0 Å². The average molecular weight is 501 g/mol. The van der Waals surface area contributed by atoms with Gasteiger partial charge in [-0.1, -0.05) is 23.7 Å². The summed E-state index contributed by atoms with van der Waals surface area (Å²) in [7, 11) is 0.530. The molecule has 0 aliphatic heterocycles. The summed E-state index contributed by atoms with van der Waals surface area (Å²) in [5.74, 6) is 0.653. The number of sulfone groups is 1. The Hall–Kier alpha value is -2.55. The molecule has 7 nitrogen and oxygen atoms in total. The number of rotatable bonds is 7. The largest absolute Gasteiger partial charge is 0.473 e. The van der Waals surface area contributed by atoms with Crippen LogP contribution in [0, 0.1) is 6.92 Å². The molecule has 1 aliphatic rings. The van der Waals surface area contributed by atoms with Crippen molar-refractivity contribution in [3.05, 3.63) is 77.0 Å². The van der Waals surface area contributed by atoms with E-state index in [1.54, 1.807) is 25.1 Å². The Morgan fingerprint density at radius 1 is 1.15 bits per heavy atom. The standard InChI is InChI=1S/C25H29ClN4O3S/c1-17-24(34(31,32)15-21-11-12-27-16-28-21)9-10-25(29-17)33-23-8-7-19(14-22(23)30(2)3)18-5-4-6-20(26)13-18/h4-6,9-13,16,19,22-23H,7-8,14-15H2,1-3H3/t19-,22-,23-/m0/s1. The highest BCUT2D eigenvalue weighted by molar-refractivity contribution is 7.90. The fourth-order valence-corrected chi connectivity index (χ4v) is 6.30. The van der Waals surface area contributed by atoms with Gasteiger partial charge < -0.3 is 9.64 Å². The smallest absolute Gasteiger partial charge is 0.213 e. The van der Waals surface area contributed by atoms with E-state index in [0.29, 0.717) is 23.2 Å². The Morgan fingerprint density at radius 2 is 1.97 bits per heavy atom. The van der Waals surface area contributed by atoms with Crippen LogP contribution in [-0.2, 0) is 15.6 Å². The van der Waals surface area contributed by atoms with Crippen molar-refractivity contribution in [3.63, 3.8) is 0 Å². The third kappa shape index (κ3) is 5.74. The second-order valence-corrected chi connectivity index (χ2v) is 11.3. The molecule has 0 saturated heterocycles. The molecule has 34 heavy (non-hydrogen) atoms. The van der Waals surface area contributed by atoms with Gasteiger partial charge in [-0.15, -0.1) is 0 Å². The monoisotopic (exact) mass is 500 g/mol. The number of hydrogen-bond donors (Lipinski definition) is 0.